The zero-order valence-electron chi connectivity index (χ0n) is 22.4. The number of rotatable bonds is 7. The lowest BCUT2D eigenvalue weighted by atomic mass is 10.2. The molecule has 0 bridgehead atoms. The number of aromatic amines is 1. The monoisotopic (exact) mass is 548 g/mol. The van der Waals surface area contributed by atoms with Gasteiger partial charge in [0, 0.05) is 48.9 Å². The third-order valence-corrected chi connectivity index (χ3v) is 9.06. The van der Waals surface area contributed by atoms with Crippen LogP contribution in [0.2, 0.25) is 0 Å². The Labute approximate surface area is 229 Å². The normalized spacial score (nSPS) is 17.1. The molecule has 0 saturated heterocycles. The van der Waals surface area contributed by atoms with Crippen LogP contribution in [0.15, 0.2) is 12.4 Å². The van der Waals surface area contributed by atoms with Crippen molar-refractivity contribution in [3.05, 3.63) is 28.7 Å². The van der Waals surface area contributed by atoms with Crippen molar-refractivity contribution in [2.45, 2.75) is 71.1 Å². The predicted octanol–water partition coefficient (Wildman–Crippen LogP) is 4.44. The summed E-state index contributed by atoms with van der Waals surface area (Å²) in [6, 6.07) is 2.73. The Balaban J connectivity index is 1.27. The van der Waals surface area contributed by atoms with Crippen molar-refractivity contribution in [3.8, 4) is 0 Å². The van der Waals surface area contributed by atoms with E-state index >= 15 is 0 Å². The highest BCUT2D eigenvalue weighted by molar-refractivity contribution is 7.15. The van der Waals surface area contributed by atoms with Crippen LogP contribution in [0.4, 0.5) is 15.7 Å². The van der Waals surface area contributed by atoms with Crippen LogP contribution < -0.4 is 4.90 Å². The first kappa shape index (κ1) is 24.4. The molecule has 2 aliphatic carbocycles. The lowest BCUT2D eigenvalue weighted by Gasteiger charge is -2.24. The Kier molecular flexibility index (Phi) is 5.76. The fourth-order valence-electron chi connectivity index (χ4n) is 5.65. The number of hydrogen-bond donors (Lipinski definition) is 1. The third-order valence-electron chi connectivity index (χ3n) is 7.90. The van der Waals surface area contributed by atoms with E-state index in [1.807, 2.05) is 29.5 Å². The molecule has 204 valence electrons. The van der Waals surface area contributed by atoms with Gasteiger partial charge in [0.25, 0.3) is 5.91 Å². The molecule has 0 radical (unpaired) electrons. The van der Waals surface area contributed by atoms with Gasteiger partial charge >= 0.3 is 6.09 Å². The first-order chi connectivity index (χ1) is 19.0. The van der Waals surface area contributed by atoms with E-state index in [9.17, 15) is 9.59 Å². The van der Waals surface area contributed by atoms with Crippen LogP contribution in [0.3, 0.4) is 0 Å². The van der Waals surface area contributed by atoms with Crippen molar-refractivity contribution in [2.24, 2.45) is 0 Å². The second-order valence-electron chi connectivity index (χ2n) is 10.5. The molecule has 2 saturated carbocycles. The molecule has 7 rings (SSSR count). The van der Waals surface area contributed by atoms with Gasteiger partial charge in [0.2, 0.25) is 0 Å². The number of ether oxygens (including phenoxy) is 1. The standard InChI is InChI=1S/C27H32N8O3S/c1-4-34-19(25(36)35(15-6-7-15)16-8-9-16)12-17-21-22(29-14-28-21)24(31-23(17)34)32(3)26-30-18-10-11-33(13-20(18)39-26)27(37)38-5-2/h12,14-16H,4-11,13H2,1-3H3,(H,28,29). The number of carbonyl (C=O) groups is 2. The van der Waals surface area contributed by atoms with Gasteiger partial charge in [-0.05, 0) is 45.6 Å². The number of hydrogen-bond acceptors (Lipinski definition) is 8. The minimum atomic E-state index is -0.287. The second kappa shape index (κ2) is 9.22. The molecule has 4 aromatic rings. The van der Waals surface area contributed by atoms with Gasteiger partial charge in [-0.2, -0.15) is 0 Å². The van der Waals surface area contributed by atoms with Crippen LogP contribution in [-0.2, 0) is 24.2 Å². The minimum absolute atomic E-state index is 0.109. The average Bonchev–Trinajstić information content (AvgIpc) is 3.82. The maximum Gasteiger partial charge on any atom is 0.410 e. The molecular weight excluding hydrogens is 516 g/mol. The van der Waals surface area contributed by atoms with E-state index in [1.54, 1.807) is 22.6 Å². The van der Waals surface area contributed by atoms with E-state index in [2.05, 4.69) is 21.8 Å². The van der Waals surface area contributed by atoms with Gasteiger partial charge in [-0.25, -0.2) is 19.7 Å². The van der Waals surface area contributed by atoms with Crippen molar-refractivity contribution in [2.75, 3.05) is 25.1 Å². The number of aromatic nitrogens is 5. The highest BCUT2D eigenvalue weighted by Crippen LogP contribution is 2.40. The summed E-state index contributed by atoms with van der Waals surface area (Å²) in [6.45, 7) is 5.95. The van der Waals surface area contributed by atoms with Gasteiger partial charge in [0.15, 0.2) is 10.9 Å². The van der Waals surface area contributed by atoms with E-state index in [-0.39, 0.29) is 12.0 Å². The molecule has 0 aromatic carbocycles. The van der Waals surface area contributed by atoms with Gasteiger partial charge in [0.05, 0.1) is 25.2 Å². The van der Waals surface area contributed by atoms with Crippen LogP contribution in [0.5, 0.6) is 0 Å². The predicted molar refractivity (Wildman–Crippen MR) is 149 cm³/mol. The van der Waals surface area contributed by atoms with Crippen LogP contribution in [-0.4, -0.2) is 78.6 Å². The van der Waals surface area contributed by atoms with Crippen molar-refractivity contribution in [3.63, 3.8) is 0 Å². The summed E-state index contributed by atoms with van der Waals surface area (Å²) in [5.74, 6) is 0.813. The number of nitrogens with one attached hydrogen (secondary N) is 1. The number of amides is 2. The van der Waals surface area contributed by atoms with Crippen LogP contribution in [0.25, 0.3) is 22.1 Å². The maximum absolute atomic E-state index is 13.8. The Morgan fingerprint density at radius 1 is 1.18 bits per heavy atom. The Bertz CT molecular complexity index is 1590. The maximum atomic E-state index is 13.8. The van der Waals surface area contributed by atoms with Gasteiger partial charge in [0.1, 0.15) is 22.4 Å². The number of nitrogens with zero attached hydrogens (tertiary/aromatic N) is 7. The fourth-order valence-corrected chi connectivity index (χ4v) is 6.74. The summed E-state index contributed by atoms with van der Waals surface area (Å²) in [7, 11) is 1.95. The van der Waals surface area contributed by atoms with Crippen molar-refractivity contribution >= 4 is 56.4 Å². The van der Waals surface area contributed by atoms with Crippen LogP contribution in [0.1, 0.15) is 60.6 Å². The summed E-state index contributed by atoms with van der Waals surface area (Å²) in [6.07, 6.45) is 6.47. The molecule has 0 unspecified atom stereocenters. The summed E-state index contributed by atoms with van der Waals surface area (Å²) >= 11 is 1.56. The molecule has 39 heavy (non-hydrogen) atoms. The number of aryl methyl sites for hydroxylation is 1. The quantitative estimate of drug-likeness (QED) is 0.363. The molecule has 4 aromatic heterocycles. The van der Waals surface area contributed by atoms with Crippen molar-refractivity contribution < 1.29 is 14.3 Å². The van der Waals surface area contributed by atoms with Gasteiger partial charge in [-0.1, -0.05) is 11.3 Å². The zero-order valence-corrected chi connectivity index (χ0v) is 23.3. The van der Waals surface area contributed by atoms with E-state index in [1.165, 1.54) is 0 Å². The smallest absolute Gasteiger partial charge is 0.410 e. The molecule has 0 spiro atoms. The third kappa shape index (κ3) is 4.03. The van der Waals surface area contributed by atoms with Crippen molar-refractivity contribution in [1.82, 2.24) is 34.3 Å². The number of anilines is 2. The fraction of sp³-hybridized carbons (Fsp3) is 0.519. The highest BCUT2D eigenvalue weighted by atomic mass is 32.1. The lowest BCUT2D eigenvalue weighted by Crippen LogP contribution is -2.36. The second-order valence-corrected chi connectivity index (χ2v) is 11.6. The van der Waals surface area contributed by atoms with Crippen LogP contribution >= 0.6 is 11.3 Å². The molecule has 5 heterocycles. The van der Waals surface area contributed by atoms with Gasteiger partial charge in [-0.3, -0.25) is 4.79 Å². The first-order valence-electron chi connectivity index (χ1n) is 13.8. The molecule has 2 amide bonds. The molecule has 2 fully saturated rings. The van der Waals surface area contributed by atoms with Gasteiger partial charge < -0.3 is 29.0 Å². The average molecular weight is 549 g/mol. The van der Waals surface area contributed by atoms with E-state index in [0.717, 1.165) is 63.5 Å². The Morgan fingerprint density at radius 3 is 2.64 bits per heavy atom. The minimum Gasteiger partial charge on any atom is -0.450 e. The van der Waals surface area contributed by atoms with Crippen molar-refractivity contribution in [1.29, 1.82) is 0 Å². The molecule has 11 nitrogen and oxygen atoms in total. The first-order valence-corrected chi connectivity index (χ1v) is 14.6. The van der Waals surface area contributed by atoms with E-state index in [0.29, 0.717) is 56.3 Å². The summed E-state index contributed by atoms with van der Waals surface area (Å²) in [4.78, 5) is 50.9. The Hall–Kier alpha value is -3.67. The number of fused-ring (bicyclic) bond motifs is 4. The summed E-state index contributed by atoms with van der Waals surface area (Å²) in [5.41, 5.74) is 4.05. The molecule has 0 atom stereocenters. The number of imidazole rings is 1. The lowest BCUT2D eigenvalue weighted by molar-refractivity contribution is 0.0719. The SMILES string of the molecule is CCOC(=O)N1CCc2nc(N(C)c3nc4c(cc(C(=O)N(C5CC5)C5CC5)n4CC)c4nc[nH]c34)sc2C1. The number of carbonyl (C=O) groups excluding carboxylic acids is 2. The van der Waals surface area contributed by atoms with Crippen LogP contribution in [0, 0.1) is 0 Å². The van der Waals surface area contributed by atoms with Gasteiger partial charge in [-0.15, -0.1) is 0 Å². The highest BCUT2D eigenvalue weighted by Gasteiger charge is 2.43. The zero-order chi connectivity index (χ0) is 26.8. The largest absolute Gasteiger partial charge is 0.450 e. The number of H-pyrrole nitrogens is 1. The van der Waals surface area contributed by atoms with E-state index in [4.69, 9.17) is 14.7 Å². The number of thiazole rings is 1. The summed E-state index contributed by atoms with van der Waals surface area (Å²) < 4.78 is 7.23. The van der Waals surface area contributed by atoms with E-state index < -0.39 is 0 Å². The Morgan fingerprint density at radius 2 is 1.95 bits per heavy atom. The molecular formula is C27H32N8O3S. The molecule has 1 N–H and O–H groups in total. The topological polar surface area (TPSA) is 112 Å². The molecule has 3 aliphatic rings. The number of pyridine rings is 1. The molecule has 1 aliphatic heterocycles. The molecule has 12 heteroatoms. The summed E-state index contributed by atoms with van der Waals surface area (Å²) in [5, 5.41) is 1.68.